The lowest BCUT2D eigenvalue weighted by molar-refractivity contribution is 0.129. The van der Waals surface area contributed by atoms with E-state index in [0.717, 1.165) is 35.8 Å². The van der Waals surface area contributed by atoms with Crippen LogP contribution < -0.4 is 14.4 Å². The Morgan fingerprint density at radius 1 is 1.22 bits per heavy atom. The van der Waals surface area contributed by atoms with E-state index >= 15 is 0 Å². The SMILES string of the molecule is O[C@@H]1CN(c2ncccc2Cl)CC[C@H]1c1ccc2c(c1)OCO2. The van der Waals surface area contributed by atoms with Gasteiger partial charge in [0.15, 0.2) is 11.5 Å². The van der Waals surface area contributed by atoms with Crippen LogP contribution in [-0.2, 0) is 0 Å². The molecule has 2 aliphatic heterocycles. The predicted octanol–water partition coefficient (Wildman–Crippen LogP) is 2.82. The van der Waals surface area contributed by atoms with Crippen LogP contribution in [0.4, 0.5) is 5.82 Å². The van der Waals surface area contributed by atoms with Crippen molar-refractivity contribution >= 4 is 17.4 Å². The number of nitrogens with zero attached hydrogens (tertiary/aromatic N) is 2. The Labute approximate surface area is 139 Å². The lowest BCUT2D eigenvalue weighted by Gasteiger charge is -2.37. The molecule has 6 heteroatoms. The van der Waals surface area contributed by atoms with Crippen molar-refractivity contribution in [3.05, 3.63) is 47.1 Å². The van der Waals surface area contributed by atoms with E-state index < -0.39 is 6.10 Å². The number of aromatic nitrogens is 1. The fraction of sp³-hybridized carbons (Fsp3) is 0.353. The van der Waals surface area contributed by atoms with Crippen LogP contribution in [0.3, 0.4) is 0 Å². The molecule has 0 saturated carbocycles. The van der Waals surface area contributed by atoms with E-state index in [2.05, 4.69) is 4.98 Å². The minimum atomic E-state index is -0.484. The van der Waals surface area contributed by atoms with Gasteiger partial charge >= 0.3 is 0 Å². The number of hydrogen-bond acceptors (Lipinski definition) is 5. The second-order valence-electron chi connectivity index (χ2n) is 5.83. The smallest absolute Gasteiger partial charge is 0.231 e. The number of anilines is 1. The van der Waals surface area contributed by atoms with Gasteiger partial charge in [-0.3, -0.25) is 0 Å². The van der Waals surface area contributed by atoms with Crippen molar-refractivity contribution in [2.75, 3.05) is 24.8 Å². The highest BCUT2D eigenvalue weighted by atomic mass is 35.5. The van der Waals surface area contributed by atoms with Gasteiger partial charge in [0, 0.05) is 25.2 Å². The fourth-order valence-electron chi connectivity index (χ4n) is 3.27. The molecule has 0 amide bonds. The number of aliphatic hydroxyl groups is 1. The van der Waals surface area contributed by atoms with Crippen molar-refractivity contribution in [1.29, 1.82) is 0 Å². The zero-order valence-corrected chi connectivity index (χ0v) is 13.2. The predicted molar refractivity (Wildman–Crippen MR) is 87.4 cm³/mol. The number of β-amino-alcohol motifs (C(OH)–C–C–N with tert-alkyl or cyclic N) is 1. The molecule has 23 heavy (non-hydrogen) atoms. The third kappa shape index (κ3) is 2.71. The van der Waals surface area contributed by atoms with Crippen LogP contribution in [0.2, 0.25) is 5.02 Å². The van der Waals surface area contributed by atoms with E-state index in [4.69, 9.17) is 21.1 Å². The Hall–Kier alpha value is -1.98. The van der Waals surface area contributed by atoms with Crippen LogP contribution in [0.15, 0.2) is 36.5 Å². The van der Waals surface area contributed by atoms with E-state index in [0.29, 0.717) is 11.6 Å². The second kappa shape index (κ2) is 5.91. The van der Waals surface area contributed by atoms with Gasteiger partial charge in [0.25, 0.3) is 0 Å². The number of fused-ring (bicyclic) bond motifs is 1. The number of piperidine rings is 1. The molecule has 1 saturated heterocycles. The van der Waals surface area contributed by atoms with Crippen LogP contribution in [0, 0.1) is 0 Å². The van der Waals surface area contributed by atoms with Crippen LogP contribution in [0.1, 0.15) is 17.9 Å². The van der Waals surface area contributed by atoms with Crippen LogP contribution in [-0.4, -0.2) is 36.1 Å². The summed E-state index contributed by atoms with van der Waals surface area (Å²) < 4.78 is 10.8. The topological polar surface area (TPSA) is 54.8 Å². The van der Waals surface area contributed by atoms with Crippen molar-refractivity contribution in [3.8, 4) is 11.5 Å². The quantitative estimate of drug-likeness (QED) is 0.916. The normalized spacial score (nSPS) is 23.1. The molecule has 1 fully saturated rings. The summed E-state index contributed by atoms with van der Waals surface area (Å²) in [5, 5.41) is 11.2. The van der Waals surface area contributed by atoms with Gasteiger partial charge in [0.1, 0.15) is 5.82 Å². The van der Waals surface area contributed by atoms with Crippen LogP contribution >= 0.6 is 11.6 Å². The Morgan fingerprint density at radius 3 is 2.91 bits per heavy atom. The lowest BCUT2D eigenvalue weighted by Crippen LogP contribution is -2.43. The zero-order chi connectivity index (χ0) is 15.8. The average molecular weight is 333 g/mol. The van der Waals surface area contributed by atoms with E-state index in [1.807, 2.05) is 35.2 Å². The molecule has 0 spiro atoms. The third-order valence-electron chi connectivity index (χ3n) is 4.45. The van der Waals surface area contributed by atoms with E-state index in [1.165, 1.54) is 0 Å². The van der Waals surface area contributed by atoms with Crippen molar-refractivity contribution in [2.45, 2.75) is 18.4 Å². The van der Waals surface area contributed by atoms with Gasteiger partial charge in [-0.05, 0) is 36.2 Å². The molecule has 2 atom stereocenters. The number of benzene rings is 1. The number of aliphatic hydroxyl groups excluding tert-OH is 1. The van der Waals surface area contributed by atoms with Crippen molar-refractivity contribution in [2.24, 2.45) is 0 Å². The summed E-state index contributed by atoms with van der Waals surface area (Å²) in [5.74, 6) is 2.33. The first-order chi connectivity index (χ1) is 11.2. The minimum absolute atomic E-state index is 0.0724. The standard InChI is InChI=1S/C17H17ClN2O3/c18-13-2-1-6-19-17(13)20-7-5-12(14(21)9-20)11-3-4-15-16(8-11)23-10-22-15/h1-4,6,8,12,14,21H,5,7,9-10H2/t12-,14+/m0/s1. The lowest BCUT2D eigenvalue weighted by atomic mass is 9.87. The Balaban J connectivity index is 1.53. The van der Waals surface area contributed by atoms with E-state index in [9.17, 15) is 5.11 Å². The highest BCUT2D eigenvalue weighted by molar-refractivity contribution is 6.32. The highest BCUT2D eigenvalue weighted by Gasteiger charge is 2.31. The summed E-state index contributed by atoms with van der Waals surface area (Å²) in [4.78, 5) is 6.37. The Morgan fingerprint density at radius 2 is 2.09 bits per heavy atom. The number of pyridine rings is 1. The second-order valence-corrected chi connectivity index (χ2v) is 6.24. The molecule has 0 unspecified atom stereocenters. The first-order valence-corrected chi connectivity index (χ1v) is 8.03. The van der Waals surface area contributed by atoms with E-state index in [-0.39, 0.29) is 12.7 Å². The summed E-state index contributed by atoms with van der Waals surface area (Å²) in [7, 11) is 0. The minimum Gasteiger partial charge on any atom is -0.454 e. The number of ether oxygens (including phenoxy) is 2. The highest BCUT2D eigenvalue weighted by Crippen LogP contribution is 2.38. The molecule has 0 radical (unpaired) electrons. The third-order valence-corrected chi connectivity index (χ3v) is 4.74. The van der Waals surface area contributed by atoms with Gasteiger partial charge in [0.2, 0.25) is 6.79 Å². The largest absolute Gasteiger partial charge is 0.454 e. The van der Waals surface area contributed by atoms with Crippen LogP contribution in [0.25, 0.3) is 0 Å². The Bertz CT molecular complexity index is 725. The summed E-state index contributed by atoms with van der Waals surface area (Å²) in [5.41, 5.74) is 1.08. The maximum atomic E-state index is 10.6. The molecule has 1 N–H and O–H groups in total. The van der Waals surface area contributed by atoms with Crippen molar-refractivity contribution < 1.29 is 14.6 Å². The Kier molecular flexibility index (Phi) is 3.75. The summed E-state index contributed by atoms with van der Waals surface area (Å²) in [6, 6.07) is 9.51. The first-order valence-electron chi connectivity index (χ1n) is 7.65. The average Bonchev–Trinajstić information content (AvgIpc) is 3.03. The summed E-state index contributed by atoms with van der Waals surface area (Å²) in [6.45, 7) is 1.57. The zero-order valence-electron chi connectivity index (χ0n) is 12.5. The number of halogens is 1. The molecular weight excluding hydrogens is 316 g/mol. The molecule has 2 aromatic rings. The maximum Gasteiger partial charge on any atom is 0.231 e. The number of rotatable bonds is 2. The van der Waals surface area contributed by atoms with Crippen LogP contribution in [0.5, 0.6) is 11.5 Å². The molecular formula is C17H17ClN2O3. The molecule has 2 aliphatic rings. The molecule has 5 nitrogen and oxygen atoms in total. The van der Waals surface area contributed by atoms with Gasteiger partial charge in [-0.1, -0.05) is 17.7 Å². The summed E-state index contributed by atoms with van der Waals surface area (Å²) >= 11 is 6.21. The summed E-state index contributed by atoms with van der Waals surface area (Å²) in [6.07, 6.45) is 2.06. The van der Waals surface area contributed by atoms with Crippen molar-refractivity contribution in [1.82, 2.24) is 4.98 Å². The molecule has 4 rings (SSSR count). The van der Waals surface area contributed by atoms with Gasteiger partial charge in [-0.2, -0.15) is 0 Å². The molecule has 120 valence electrons. The maximum absolute atomic E-state index is 10.6. The molecule has 0 aliphatic carbocycles. The van der Waals surface area contributed by atoms with Gasteiger partial charge in [-0.25, -0.2) is 4.98 Å². The molecule has 1 aromatic carbocycles. The molecule has 1 aromatic heterocycles. The first kappa shape index (κ1) is 14.6. The monoisotopic (exact) mass is 332 g/mol. The van der Waals surface area contributed by atoms with Gasteiger partial charge in [0.05, 0.1) is 11.1 Å². The molecule has 0 bridgehead atoms. The van der Waals surface area contributed by atoms with Gasteiger partial charge < -0.3 is 19.5 Å². The molecule has 3 heterocycles. The number of hydrogen-bond donors (Lipinski definition) is 1. The van der Waals surface area contributed by atoms with Gasteiger partial charge in [-0.15, -0.1) is 0 Å². The fourth-order valence-corrected chi connectivity index (χ4v) is 3.51. The van der Waals surface area contributed by atoms with E-state index in [1.54, 1.807) is 6.20 Å². The van der Waals surface area contributed by atoms with Crippen molar-refractivity contribution in [3.63, 3.8) is 0 Å².